The van der Waals surface area contributed by atoms with E-state index >= 15 is 0 Å². The van der Waals surface area contributed by atoms with Gasteiger partial charge in [-0.15, -0.1) is 0 Å². The Morgan fingerprint density at radius 2 is 1.55 bits per heavy atom. The van der Waals surface area contributed by atoms with Gasteiger partial charge in [0.1, 0.15) is 35.6 Å². The number of aliphatic hydroxyl groups excluding tert-OH is 3. The van der Waals surface area contributed by atoms with Crippen molar-refractivity contribution in [3.63, 3.8) is 0 Å². The van der Waals surface area contributed by atoms with Gasteiger partial charge in [0.2, 0.25) is 12.9 Å². The highest BCUT2D eigenvalue weighted by Gasteiger charge is 2.47. The number of phenols is 5. The van der Waals surface area contributed by atoms with Crippen molar-refractivity contribution in [2.24, 2.45) is 0 Å². The molecule has 0 saturated carbocycles. The van der Waals surface area contributed by atoms with E-state index in [-0.39, 0.29) is 34.1 Å². The number of phenolic OH excluding ortho intramolecular Hbond substituents is 5. The molecule has 44 heavy (non-hydrogen) atoms. The molecule has 1 fully saturated rings. The highest BCUT2D eigenvalue weighted by atomic mass is 16.7. The van der Waals surface area contributed by atoms with Crippen molar-refractivity contribution in [1.29, 1.82) is 0 Å². The number of carbonyl (C=O) groups excluding carboxylic acids is 1. The topological polar surface area (TPSA) is 241 Å². The average Bonchev–Trinajstić information content (AvgIpc) is 2.98. The standard InChI is InChI=1S/C30H26O14/c31-15-4-1-13(2-5-15)3-6-24(36)41-12-23-26(38)27(39)28(40)30(44-23)43-22-11-17-18(33)9-16(32)10-21(17)42-29(22)14-7-19(34)25(37)20(35)8-14/h1-11,23,26-28,30-31,33-35,37-40H,12H2/p+1/t23-,26-,27+,28-,30-/m1/s1. The molecule has 2 aromatic carbocycles. The van der Waals surface area contributed by atoms with Gasteiger partial charge in [0.15, 0.2) is 40.3 Å². The van der Waals surface area contributed by atoms with Crippen LogP contribution in [0.1, 0.15) is 5.56 Å². The van der Waals surface area contributed by atoms with Gasteiger partial charge in [-0.3, -0.25) is 4.79 Å². The fourth-order valence-corrected chi connectivity index (χ4v) is 4.44. The van der Waals surface area contributed by atoms with Gasteiger partial charge in [-0.25, -0.2) is 0 Å². The van der Waals surface area contributed by atoms with E-state index in [1.807, 2.05) is 0 Å². The minimum Gasteiger partial charge on any atom is -0.508 e. The first-order chi connectivity index (χ1) is 20.9. The highest BCUT2D eigenvalue weighted by Crippen LogP contribution is 2.45. The maximum absolute atomic E-state index is 12.0. The molecule has 2 aromatic rings. The van der Waals surface area contributed by atoms with Crippen LogP contribution in [0.25, 0.3) is 28.7 Å². The third-order valence-corrected chi connectivity index (χ3v) is 6.76. The summed E-state index contributed by atoms with van der Waals surface area (Å²) in [5, 5.41) is 81.3. The molecular formula is C30H27O14+. The largest absolute Gasteiger partial charge is 0.510 e. The highest BCUT2D eigenvalue weighted by molar-refractivity contribution is 5.88. The normalized spacial score (nSPS) is 21.8. The Hall–Kier alpha value is -5.28. The van der Waals surface area contributed by atoms with E-state index in [9.17, 15) is 50.4 Å². The van der Waals surface area contributed by atoms with E-state index < -0.39 is 71.7 Å². The third kappa shape index (κ3) is 6.23. The predicted octanol–water partition coefficient (Wildman–Crippen LogP) is 1.36. The summed E-state index contributed by atoms with van der Waals surface area (Å²) in [7, 11) is 0. The second-order valence-corrected chi connectivity index (χ2v) is 9.86. The number of fused-ring (bicyclic) bond motifs is 1. The average molecular weight is 612 g/mol. The molecule has 14 heteroatoms. The van der Waals surface area contributed by atoms with Crippen molar-refractivity contribution in [1.82, 2.24) is 0 Å². The van der Waals surface area contributed by atoms with Gasteiger partial charge in [-0.2, -0.15) is 0 Å². The summed E-state index contributed by atoms with van der Waals surface area (Å²) in [6, 6.07) is 11.2. The van der Waals surface area contributed by atoms with Crippen LogP contribution in [0.15, 0.2) is 69.9 Å². The van der Waals surface area contributed by atoms with Crippen molar-refractivity contribution in [2.75, 3.05) is 6.61 Å². The molecule has 0 radical (unpaired) electrons. The number of rotatable bonds is 7. The van der Waals surface area contributed by atoms with Crippen LogP contribution in [0.5, 0.6) is 34.5 Å². The molecule has 14 nitrogen and oxygen atoms in total. The van der Waals surface area contributed by atoms with Crippen LogP contribution in [0.2, 0.25) is 0 Å². The van der Waals surface area contributed by atoms with Crippen molar-refractivity contribution in [3.05, 3.63) is 76.5 Å². The molecular weight excluding hydrogens is 584 g/mol. The summed E-state index contributed by atoms with van der Waals surface area (Å²) >= 11 is 0. The Morgan fingerprint density at radius 1 is 0.864 bits per heavy atom. The van der Waals surface area contributed by atoms with Crippen molar-refractivity contribution in [3.8, 4) is 57.1 Å². The molecule has 5 rings (SSSR count). The zero-order valence-corrected chi connectivity index (χ0v) is 22.5. The number of esters is 1. The Kier molecular flexibility index (Phi) is 8.33. The first-order valence-electron chi connectivity index (χ1n) is 13.0. The maximum Gasteiger partial charge on any atom is 0.510 e. The van der Waals surface area contributed by atoms with Crippen molar-refractivity contribution in [2.45, 2.75) is 30.7 Å². The first-order valence-corrected chi connectivity index (χ1v) is 13.0. The van der Waals surface area contributed by atoms with Crippen LogP contribution in [0.3, 0.4) is 0 Å². The number of ether oxygens (including phenoxy) is 3. The molecule has 0 bridgehead atoms. The Morgan fingerprint density at radius 3 is 2.23 bits per heavy atom. The van der Waals surface area contributed by atoms with E-state index in [0.717, 1.165) is 24.3 Å². The second kappa shape index (κ2) is 12.1. The van der Waals surface area contributed by atoms with Gasteiger partial charge in [0.25, 0.3) is 0 Å². The van der Waals surface area contributed by atoms with E-state index in [1.165, 1.54) is 30.4 Å². The molecule has 5 atom stereocenters. The molecule has 0 aromatic heterocycles. The lowest BCUT2D eigenvalue weighted by atomic mass is 9.99. The summed E-state index contributed by atoms with van der Waals surface area (Å²) in [5.74, 6) is -3.96. The van der Waals surface area contributed by atoms with Crippen LogP contribution in [-0.4, -0.2) is 88.9 Å². The van der Waals surface area contributed by atoms with Crippen LogP contribution < -0.4 is 10.2 Å². The van der Waals surface area contributed by atoms with E-state index in [0.29, 0.717) is 5.56 Å². The smallest absolute Gasteiger partial charge is 0.508 e. The van der Waals surface area contributed by atoms with Gasteiger partial charge >= 0.3 is 5.97 Å². The monoisotopic (exact) mass is 611 g/mol. The summed E-state index contributed by atoms with van der Waals surface area (Å²) in [4.78, 5) is 22.1. The zero-order valence-electron chi connectivity index (χ0n) is 22.5. The van der Waals surface area contributed by atoms with Gasteiger partial charge < -0.3 is 64.3 Å². The molecule has 9 N–H and O–H groups in total. The van der Waals surface area contributed by atoms with Gasteiger partial charge in [0, 0.05) is 17.7 Å². The number of aliphatic hydroxyl groups is 3. The fraction of sp³-hybridized carbons (Fsp3) is 0.200. The lowest BCUT2D eigenvalue weighted by Crippen LogP contribution is -2.60. The Labute approximate surface area is 247 Å². The third-order valence-electron chi connectivity index (χ3n) is 6.76. The van der Waals surface area contributed by atoms with Crippen molar-refractivity contribution >= 4 is 12.0 Å². The lowest BCUT2D eigenvalue weighted by Gasteiger charge is -2.39. The van der Waals surface area contributed by atoms with Gasteiger partial charge in [0.05, 0.1) is 11.6 Å². The SMILES string of the molecule is O=c1cc2oc(-c3cc(O)c(O)c(O)c3)c(O[C@@H]3O[C@H](COC(=[OH+])C=Cc4ccc(O)cc4)[C@@H](O)[C@H](O)[C@H]3O)cc-2c(O)c1. The minimum absolute atomic E-state index is 0.0127. The second-order valence-electron chi connectivity index (χ2n) is 9.86. The molecule has 0 amide bonds. The molecule has 2 heterocycles. The number of aromatic hydroxyl groups is 5. The fourth-order valence-electron chi connectivity index (χ4n) is 4.44. The molecule has 3 aliphatic rings. The van der Waals surface area contributed by atoms with Gasteiger partial charge in [-0.1, -0.05) is 12.1 Å². The number of hydrogen-bond acceptors (Lipinski definition) is 13. The van der Waals surface area contributed by atoms with Crippen molar-refractivity contribution < 1.29 is 64.3 Å². The minimum atomic E-state index is -1.85. The van der Waals surface area contributed by atoms with Crippen LogP contribution in [-0.2, 0) is 9.47 Å². The maximum atomic E-state index is 12.0. The van der Waals surface area contributed by atoms with Crippen LogP contribution in [0.4, 0.5) is 0 Å². The summed E-state index contributed by atoms with van der Waals surface area (Å²) in [5.41, 5.74) is -0.0560. The van der Waals surface area contributed by atoms with Gasteiger partial charge in [-0.05, 0) is 42.0 Å². The van der Waals surface area contributed by atoms with Crippen LogP contribution >= 0.6 is 0 Å². The molecule has 230 valence electrons. The lowest BCUT2D eigenvalue weighted by molar-refractivity contribution is -0.276. The van der Waals surface area contributed by atoms with E-state index in [1.54, 1.807) is 12.1 Å². The summed E-state index contributed by atoms with van der Waals surface area (Å²) in [6.07, 6.45) is -5.76. The molecule has 0 spiro atoms. The summed E-state index contributed by atoms with van der Waals surface area (Å²) in [6.45, 7) is -0.516. The number of benzene rings is 3. The van der Waals surface area contributed by atoms with E-state index in [4.69, 9.17) is 18.6 Å². The summed E-state index contributed by atoms with van der Waals surface area (Å²) < 4.78 is 22.5. The molecule has 1 aliphatic carbocycles. The molecule has 0 unspecified atom stereocenters. The molecule has 2 aliphatic heterocycles. The van der Waals surface area contributed by atoms with Crippen LogP contribution in [0, 0.1) is 0 Å². The zero-order chi connectivity index (χ0) is 31.7. The number of hydrogen-bond donors (Lipinski definition) is 8. The first kappa shape index (κ1) is 30.2. The van der Waals surface area contributed by atoms with E-state index in [2.05, 4.69) is 0 Å². The predicted molar refractivity (Wildman–Crippen MR) is 151 cm³/mol. The Balaban J connectivity index is 1.42. The molecule has 1 saturated heterocycles. The quantitative estimate of drug-likeness (QED) is 0.0638. The Bertz CT molecular complexity index is 1700.